The van der Waals surface area contributed by atoms with Crippen LogP contribution in [-0.2, 0) is 0 Å². The first-order chi connectivity index (χ1) is 8.86. The lowest BCUT2D eigenvalue weighted by Crippen LogP contribution is -2.03. The second-order valence-electron chi connectivity index (χ2n) is 4.25. The zero-order valence-corrected chi connectivity index (χ0v) is 10.7. The summed E-state index contributed by atoms with van der Waals surface area (Å²) >= 11 is 0. The number of hydrogen-bond acceptors (Lipinski definition) is 0. The Morgan fingerprint density at radius 2 is 1.33 bits per heavy atom. The van der Waals surface area contributed by atoms with E-state index in [1.807, 2.05) is 6.08 Å². The number of hydrogen-bond donors (Lipinski definition) is 0. The van der Waals surface area contributed by atoms with Crippen molar-refractivity contribution in [1.82, 2.24) is 0 Å². The molecule has 0 spiro atoms. The lowest BCUT2D eigenvalue weighted by Gasteiger charge is -2.19. The maximum Gasteiger partial charge on any atom is 0.0336 e. The average Bonchev–Trinajstić information content (AvgIpc) is 2.46. The molecule has 2 aromatic rings. The van der Waals surface area contributed by atoms with E-state index in [2.05, 4.69) is 80.2 Å². The molecule has 0 bridgehead atoms. The Morgan fingerprint density at radius 3 is 1.67 bits per heavy atom. The maximum absolute atomic E-state index is 3.94. The van der Waals surface area contributed by atoms with E-state index >= 15 is 0 Å². The van der Waals surface area contributed by atoms with Crippen LogP contribution >= 0.6 is 0 Å². The third kappa shape index (κ3) is 2.60. The molecule has 0 saturated carbocycles. The van der Waals surface area contributed by atoms with Crippen molar-refractivity contribution in [2.75, 3.05) is 0 Å². The third-order valence-electron chi connectivity index (χ3n) is 3.17. The minimum atomic E-state index is 0.273. The van der Waals surface area contributed by atoms with Gasteiger partial charge < -0.3 is 0 Å². The van der Waals surface area contributed by atoms with E-state index in [0.29, 0.717) is 0 Å². The summed E-state index contributed by atoms with van der Waals surface area (Å²) in [5.41, 5.74) is 3.85. The van der Waals surface area contributed by atoms with Gasteiger partial charge in [-0.05, 0) is 23.6 Å². The number of allylic oxidation sites excluding steroid dienone is 3. The molecule has 2 rings (SSSR count). The highest BCUT2D eigenvalue weighted by Crippen LogP contribution is 2.32. The van der Waals surface area contributed by atoms with Gasteiger partial charge in [0, 0.05) is 5.92 Å². The minimum Gasteiger partial charge on any atom is -0.0988 e. The Kier molecular flexibility index (Phi) is 4.14. The second-order valence-corrected chi connectivity index (χ2v) is 4.25. The monoisotopic (exact) mass is 234 g/mol. The molecule has 0 fully saturated rings. The van der Waals surface area contributed by atoms with Crippen molar-refractivity contribution in [3.05, 3.63) is 96.1 Å². The highest BCUT2D eigenvalue weighted by atomic mass is 14.2. The van der Waals surface area contributed by atoms with Gasteiger partial charge >= 0.3 is 0 Å². The molecular weight excluding hydrogens is 216 g/mol. The van der Waals surface area contributed by atoms with E-state index in [1.54, 1.807) is 0 Å². The van der Waals surface area contributed by atoms with Crippen molar-refractivity contribution in [3.8, 4) is 0 Å². The van der Waals surface area contributed by atoms with Crippen molar-refractivity contribution < 1.29 is 0 Å². The van der Waals surface area contributed by atoms with Crippen molar-refractivity contribution in [2.45, 2.75) is 12.8 Å². The predicted octanol–water partition coefficient (Wildman–Crippen LogP) is 4.95. The van der Waals surface area contributed by atoms with Crippen LogP contribution in [-0.4, -0.2) is 0 Å². The zero-order valence-electron chi connectivity index (χ0n) is 10.7. The zero-order chi connectivity index (χ0) is 12.8. The highest BCUT2D eigenvalue weighted by molar-refractivity contribution is 5.44. The first kappa shape index (κ1) is 12.4. The Hall–Kier alpha value is -2.08. The molecule has 0 saturated heterocycles. The molecular formula is C18H18. The van der Waals surface area contributed by atoms with Gasteiger partial charge in [-0.1, -0.05) is 79.4 Å². The molecule has 0 aliphatic carbocycles. The van der Waals surface area contributed by atoms with Crippen molar-refractivity contribution in [3.63, 3.8) is 0 Å². The van der Waals surface area contributed by atoms with Crippen molar-refractivity contribution >= 4 is 0 Å². The first-order valence-electron chi connectivity index (χ1n) is 6.25. The molecule has 0 heteroatoms. The molecule has 0 radical (unpaired) electrons. The number of benzene rings is 2. The minimum absolute atomic E-state index is 0.273. The van der Waals surface area contributed by atoms with E-state index in [-0.39, 0.29) is 5.92 Å². The Morgan fingerprint density at radius 1 is 0.889 bits per heavy atom. The molecule has 0 unspecified atom stereocenters. The number of rotatable bonds is 4. The fraction of sp³-hybridized carbons (Fsp3) is 0.111. The smallest absolute Gasteiger partial charge is 0.0336 e. The summed E-state index contributed by atoms with van der Waals surface area (Å²) in [5.74, 6) is 0.273. The summed E-state index contributed by atoms with van der Waals surface area (Å²) in [6, 6.07) is 21.1. The largest absolute Gasteiger partial charge is 0.0988 e. The quantitative estimate of drug-likeness (QED) is 0.656. The summed E-state index contributed by atoms with van der Waals surface area (Å²) in [7, 11) is 0. The van der Waals surface area contributed by atoms with Gasteiger partial charge in [-0.2, -0.15) is 0 Å². The molecule has 0 N–H and O–H groups in total. The summed E-state index contributed by atoms with van der Waals surface area (Å²) in [5, 5.41) is 0. The van der Waals surface area contributed by atoms with Gasteiger partial charge in [0.1, 0.15) is 0 Å². The Balaban J connectivity index is 2.52. The summed E-state index contributed by atoms with van der Waals surface area (Å²) in [4.78, 5) is 0. The first-order valence-corrected chi connectivity index (χ1v) is 6.25. The van der Waals surface area contributed by atoms with Crippen LogP contribution in [0.2, 0.25) is 0 Å². The van der Waals surface area contributed by atoms with Crippen LogP contribution in [0.4, 0.5) is 0 Å². The van der Waals surface area contributed by atoms with E-state index < -0.39 is 0 Å². The standard InChI is InChI=1S/C18H18/c1-3-15(4-2)18(16-11-7-5-8-12-16)17-13-9-6-10-14-17/h3-14,18H,1H2,2H3/b15-4+. The van der Waals surface area contributed by atoms with Crippen LogP contribution in [0.3, 0.4) is 0 Å². The van der Waals surface area contributed by atoms with Gasteiger partial charge in [-0.15, -0.1) is 0 Å². The predicted molar refractivity (Wildman–Crippen MR) is 78.7 cm³/mol. The van der Waals surface area contributed by atoms with Crippen LogP contribution in [0, 0.1) is 0 Å². The van der Waals surface area contributed by atoms with Gasteiger partial charge in [-0.25, -0.2) is 0 Å². The van der Waals surface area contributed by atoms with E-state index in [0.717, 1.165) is 0 Å². The molecule has 0 aliphatic heterocycles. The SMILES string of the molecule is C=C/C(=C\C)C(c1ccccc1)c1ccccc1. The summed E-state index contributed by atoms with van der Waals surface area (Å²) in [6.07, 6.45) is 4.09. The topological polar surface area (TPSA) is 0 Å². The Labute approximate surface area is 109 Å². The summed E-state index contributed by atoms with van der Waals surface area (Å²) in [6.45, 7) is 6.00. The maximum atomic E-state index is 3.94. The fourth-order valence-corrected chi connectivity index (χ4v) is 2.27. The molecule has 2 aromatic carbocycles. The van der Waals surface area contributed by atoms with E-state index in [1.165, 1.54) is 16.7 Å². The van der Waals surface area contributed by atoms with Crippen molar-refractivity contribution in [2.24, 2.45) is 0 Å². The third-order valence-corrected chi connectivity index (χ3v) is 3.17. The lowest BCUT2D eigenvalue weighted by atomic mass is 9.85. The molecule has 90 valence electrons. The average molecular weight is 234 g/mol. The molecule has 18 heavy (non-hydrogen) atoms. The molecule has 0 atom stereocenters. The summed E-state index contributed by atoms with van der Waals surface area (Å²) < 4.78 is 0. The van der Waals surface area contributed by atoms with Crippen LogP contribution in [0.15, 0.2) is 85.0 Å². The van der Waals surface area contributed by atoms with Crippen LogP contribution in [0.25, 0.3) is 0 Å². The second kappa shape index (κ2) is 6.02. The molecule has 0 aromatic heterocycles. The van der Waals surface area contributed by atoms with Gasteiger partial charge in [-0.3, -0.25) is 0 Å². The normalized spacial score (nSPS) is 11.6. The molecule has 0 aliphatic rings. The van der Waals surface area contributed by atoms with Gasteiger partial charge in [0.25, 0.3) is 0 Å². The highest BCUT2D eigenvalue weighted by Gasteiger charge is 2.15. The van der Waals surface area contributed by atoms with Gasteiger partial charge in [0.2, 0.25) is 0 Å². The Bertz CT molecular complexity index is 481. The molecule has 0 amide bonds. The van der Waals surface area contributed by atoms with Crippen LogP contribution in [0.1, 0.15) is 24.0 Å². The lowest BCUT2D eigenvalue weighted by molar-refractivity contribution is 0.974. The van der Waals surface area contributed by atoms with E-state index in [9.17, 15) is 0 Å². The molecule has 0 heterocycles. The fourth-order valence-electron chi connectivity index (χ4n) is 2.27. The molecule has 0 nitrogen and oxygen atoms in total. The van der Waals surface area contributed by atoms with Crippen molar-refractivity contribution in [1.29, 1.82) is 0 Å². The van der Waals surface area contributed by atoms with Gasteiger partial charge in [0.05, 0.1) is 0 Å². The van der Waals surface area contributed by atoms with Gasteiger partial charge in [0.15, 0.2) is 0 Å². The van der Waals surface area contributed by atoms with Crippen LogP contribution < -0.4 is 0 Å². The van der Waals surface area contributed by atoms with Crippen LogP contribution in [0.5, 0.6) is 0 Å². The van der Waals surface area contributed by atoms with E-state index in [4.69, 9.17) is 0 Å².